The first-order valence-corrected chi connectivity index (χ1v) is 7.74. The second kappa shape index (κ2) is 5.69. The first-order valence-electron chi connectivity index (χ1n) is 7.36. The molecule has 0 saturated heterocycles. The van der Waals surface area contributed by atoms with Gasteiger partial charge in [0.1, 0.15) is 0 Å². The van der Waals surface area contributed by atoms with Crippen molar-refractivity contribution in [2.45, 2.75) is 34.2 Å². The Morgan fingerprint density at radius 1 is 1.10 bits per heavy atom. The molecule has 0 aromatic heterocycles. The molecule has 4 heteroatoms. The SMILES string of the molecule is COc1cc(CNCC2C(C)(C)C2(C)C)cc(Cl)c1OC. The maximum absolute atomic E-state index is 6.23. The van der Waals surface area contributed by atoms with Crippen LogP contribution in [0.3, 0.4) is 0 Å². The average molecular weight is 312 g/mol. The summed E-state index contributed by atoms with van der Waals surface area (Å²) in [6.07, 6.45) is 0. The summed E-state index contributed by atoms with van der Waals surface area (Å²) in [7, 11) is 3.22. The zero-order valence-electron chi connectivity index (χ0n) is 13.8. The van der Waals surface area contributed by atoms with Gasteiger partial charge >= 0.3 is 0 Å². The number of benzene rings is 1. The number of hydrogen-bond donors (Lipinski definition) is 1. The molecule has 0 heterocycles. The van der Waals surface area contributed by atoms with Crippen LogP contribution in [-0.4, -0.2) is 20.8 Å². The Balaban J connectivity index is 1.97. The lowest BCUT2D eigenvalue weighted by Gasteiger charge is -2.12. The molecule has 0 unspecified atom stereocenters. The highest BCUT2D eigenvalue weighted by atomic mass is 35.5. The number of ether oxygens (including phenoxy) is 2. The number of halogens is 1. The van der Waals surface area contributed by atoms with Gasteiger partial charge < -0.3 is 14.8 Å². The molecule has 0 amide bonds. The second-order valence-corrected chi connectivity index (χ2v) is 7.35. The van der Waals surface area contributed by atoms with Gasteiger partial charge in [-0.1, -0.05) is 39.3 Å². The summed E-state index contributed by atoms with van der Waals surface area (Å²) in [5.41, 5.74) is 1.93. The molecule has 1 aromatic carbocycles. The van der Waals surface area contributed by atoms with Crippen LogP contribution >= 0.6 is 11.6 Å². The molecule has 1 saturated carbocycles. The van der Waals surface area contributed by atoms with Gasteiger partial charge in [-0.2, -0.15) is 0 Å². The van der Waals surface area contributed by atoms with E-state index in [0.717, 1.165) is 18.7 Å². The highest BCUT2D eigenvalue weighted by Gasteiger charge is 2.63. The van der Waals surface area contributed by atoms with Crippen LogP contribution in [0.5, 0.6) is 11.5 Å². The molecule has 1 fully saturated rings. The van der Waals surface area contributed by atoms with Crippen molar-refractivity contribution in [2.24, 2.45) is 16.7 Å². The zero-order valence-corrected chi connectivity index (χ0v) is 14.6. The van der Waals surface area contributed by atoms with E-state index in [1.165, 1.54) is 0 Å². The number of nitrogens with one attached hydrogen (secondary N) is 1. The summed E-state index contributed by atoms with van der Waals surface area (Å²) in [6, 6.07) is 3.90. The maximum atomic E-state index is 6.23. The molecule has 1 aliphatic carbocycles. The lowest BCUT2D eigenvalue weighted by atomic mass is 10.0. The third kappa shape index (κ3) is 2.86. The second-order valence-electron chi connectivity index (χ2n) is 6.94. The minimum atomic E-state index is 0.412. The van der Waals surface area contributed by atoms with E-state index in [9.17, 15) is 0 Å². The van der Waals surface area contributed by atoms with Gasteiger partial charge in [0.2, 0.25) is 0 Å². The Kier molecular flexibility index (Phi) is 4.46. The fourth-order valence-electron chi connectivity index (χ4n) is 3.28. The minimum Gasteiger partial charge on any atom is -0.493 e. The predicted octanol–water partition coefficient (Wildman–Crippen LogP) is 4.13. The van der Waals surface area contributed by atoms with Crippen molar-refractivity contribution in [3.63, 3.8) is 0 Å². The summed E-state index contributed by atoms with van der Waals surface area (Å²) in [5, 5.41) is 4.12. The fraction of sp³-hybridized carbons (Fsp3) is 0.647. The van der Waals surface area contributed by atoms with E-state index in [1.807, 2.05) is 12.1 Å². The standard InChI is InChI=1S/C17H26ClNO2/c1-16(2)14(17(16,3)4)10-19-9-11-7-12(18)15(21-6)13(8-11)20-5/h7-8,14,19H,9-10H2,1-6H3. The van der Waals surface area contributed by atoms with E-state index in [0.29, 0.717) is 33.3 Å². The molecule has 2 rings (SSSR count). The normalized spacial score (nSPS) is 19.4. The van der Waals surface area contributed by atoms with Gasteiger partial charge in [0.15, 0.2) is 11.5 Å². The molecule has 118 valence electrons. The van der Waals surface area contributed by atoms with Crippen LogP contribution in [0.1, 0.15) is 33.3 Å². The molecule has 0 radical (unpaired) electrons. The number of rotatable bonds is 6. The van der Waals surface area contributed by atoms with Crippen molar-refractivity contribution >= 4 is 11.6 Å². The summed E-state index contributed by atoms with van der Waals surface area (Å²) in [6.45, 7) is 11.2. The average Bonchev–Trinajstić information content (AvgIpc) is 2.80. The van der Waals surface area contributed by atoms with Gasteiger partial charge in [0.25, 0.3) is 0 Å². The summed E-state index contributed by atoms with van der Waals surface area (Å²) < 4.78 is 10.6. The molecule has 21 heavy (non-hydrogen) atoms. The fourth-order valence-corrected chi connectivity index (χ4v) is 3.59. The van der Waals surface area contributed by atoms with Crippen molar-refractivity contribution in [3.05, 3.63) is 22.7 Å². The molecule has 1 aliphatic rings. The Morgan fingerprint density at radius 2 is 1.71 bits per heavy atom. The van der Waals surface area contributed by atoms with E-state index in [2.05, 4.69) is 33.0 Å². The molecular formula is C17H26ClNO2. The summed E-state index contributed by atoms with van der Waals surface area (Å²) >= 11 is 6.23. The Morgan fingerprint density at radius 3 is 2.19 bits per heavy atom. The molecule has 1 aromatic rings. The lowest BCUT2D eigenvalue weighted by Crippen LogP contribution is -2.19. The third-order valence-electron chi connectivity index (χ3n) is 5.49. The van der Waals surface area contributed by atoms with E-state index in [4.69, 9.17) is 21.1 Å². The van der Waals surface area contributed by atoms with Crippen LogP contribution in [-0.2, 0) is 6.54 Å². The van der Waals surface area contributed by atoms with Gasteiger partial charge in [0, 0.05) is 6.54 Å². The molecule has 0 bridgehead atoms. The first kappa shape index (κ1) is 16.4. The summed E-state index contributed by atoms with van der Waals surface area (Å²) in [4.78, 5) is 0. The molecule has 0 aliphatic heterocycles. The van der Waals surface area contributed by atoms with Crippen LogP contribution in [0.4, 0.5) is 0 Å². The van der Waals surface area contributed by atoms with Gasteiger partial charge in [-0.25, -0.2) is 0 Å². The highest BCUT2D eigenvalue weighted by molar-refractivity contribution is 6.32. The van der Waals surface area contributed by atoms with Crippen LogP contribution < -0.4 is 14.8 Å². The van der Waals surface area contributed by atoms with Crippen molar-refractivity contribution in [1.29, 1.82) is 0 Å². The predicted molar refractivity (Wildman–Crippen MR) is 87.3 cm³/mol. The Hall–Kier alpha value is -0.930. The molecular weight excluding hydrogens is 286 g/mol. The Labute approximate surface area is 133 Å². The van der Waals surface area contributed by atoms with Gasteiger partial charge in [-0.3, -0.25) is 0 Å². The van der Waals surface area contributed by atoms with Gasteiger partial charge in [0.05, 0.1) is 19.2 Å². The topological polar surface area (TPSA) is 30.5 Å². The quantitative estimate of drug-likeness (QED) is 0.857. The van der Waals surface area contributed by atoms with Crippen LogP contribution in [0.15, 0.2) is 12.1 Å². The van der Waals surface area contributed by atoms with Crippen LogP contribution in [0, 0.1) is 16.7 Å². The van der Waals surface area contributed by atoms with Crippen LogP contribution in [0.25, 0.3) is 0 Å². The van der Waals surface area contributed by atoms with Gasteiger partial charge in [-0.05, 0) is 41.0 Å². The Bertz CT molecular complexity index is 512. The van der Waals surface area contributed by atoms with Gasteiger partial charge in [-0.15, -0.1) is 0 Å². The van der Waals surface area contributed by atoms with Crippen molar-refractivity contribution in [3.8, 4) is 11.5 Å². The summed E-state index contributed by atoms with van der Waals surface area (Å²) in [5.74, 6) is 1.97. The van der Waals surface area contributed by atoms with Crippen molar-refractivity contribution < 1.29 is 9.47 Å². The largest absolute Gasteiger partial charge is 0.493 e. The van der Waals surface area contributed by atoms with Crippen molar-refractivity contribution in [1.82, 2.24) is 5.32 Å². The van der Waals surface area contributed by atoms with E-state index in [-0.39, 0.29) is 0 Å². The lowest BCUT2D eigenvalue weighted by molar-refractivity contribution is 0.354. The zero-order chi connectivity index (χ0) is 15.8. The highest BCUT2D eigenvalue weighted by Crippen LogP contribution is 2.67. The van der Waals surface area contributed by atoms with E-state index < -0.39 is 0 Å². The van der Waals surface area contributed by atoms with Crippen LogP contribution in [0.2, 0.25) is 5.02 Å². The third-order valence-corrected chi connectivity index (χ3v) is 5.77. The molecule has 3 nitrogen and oxygen atoms in total. The number of methoxy groups -OCH3 is 2. The minimum absolute atomic E-state index is 0.412. The molecule has 0 atom stereocenters. The monoisotopic (exact) mass is 311 g/mol. The van der Waals surface area contributed by atoms with E-state index >= 15 is 0 Å². The molecule has 0 spiro atoms. The van der Waals surface area contributed by atoms with Crippen molar-refractivity contribution in [2.75, 3.05) is 20.8 Å². The maximum Gasteiger partial charge on any atom is 0.179 e. The number of hydrogen-bond acceptors (Lipinski definition) is 3. The van der Waals surface area contributed by atoms with E-state index in [1.54, 1.807) is 14.2 Å². The first-order chi connectivity index (χ1) is 9.75. The molecule has 1 N–H and O–H groups in total. The smallest absolute Gasteiger partial charge is 0.179 e.